The van der Waals surface area contributed by atoms with Crippen LogP contribution in [0, 0.1) is 0 Å². The van der Waals surface area contributed by atoms with Gasteiger partial charge in [0.05, 0.1) is 6.10 Å². The van der Waals surface area contributed by atoms with Crippen molar-refractivity contribution in [2.45, 2.75) is 25.9 Å². The summed E-state index contributed by atoms with van der Waals surface area (Å²) in [6.07, 6.45) is 5.89. The van der Waals surface area contributed by atoms with Crippen molar-refractivity contribution in [1.82, 2.24) is 4.90 Å². The van der Waals surface area contributed by atoms with E-state index in [4.69, 9.17) is 4.74 Å². The fourth-order valence-electron chi connectivity index (χ4n) is 2.25. The summed E-state index contributed by atoms with van der Waals surface area (Å²) in [5.41, 5.74) is 1.05. The summed E-state index contributed by atoms with van der Waals surface area (Å²) in [4.78, 5) is 14.0. The van der Waals surface area contributed by atoms with E-state index >= 15 is 0 Å². The Kier molecular flexibility index (Phi) is 5.16. The molecule has 1 aromatic rings. The van der Waals surface area contributed by atoms with Crippen LogP contribution in [0.3, 0.4) is 0 Å². The van der Waals surface area contributed by atoms with Gasteiger partial charge in [0.2, 0.25) is 5.91 Å². The zero-order valence-electron chi connectivity index (χ0n) is 11.4. The van der Waals surface area contributed by atoms with Gasteiger partial charge in [-0.05, 0) is 31.4 Å². The maximum Gasteiger partial charge on any atom is 0.246 e. The van der Waals surface area contributed by atoms with Crippen molar-refractivity contribution in [2.24, 2.45) is 0 Å². The highest BCUT2D eigenvalue weighted by Crippen LogP contribution is 2.13. The summed E-state index contributed by atoms with van der Waals surface area (Å²) in [6.45, 7) is 4.26. The lowest BCUT2D eigenvalue weighted by molar-refractivity contribution is -0.127. The minimum absolute atomic E-state index is 0.0573. The molecule has 1 atom stereocenters. The highest BCUT2D eigenvalue weighted by atomic mass is 16.5. The van der Waals surface area contributed by atoms with Crippen LogP contribution in [0.1, 0.15) is 25.3 Å². The van der Waals surface area contributed by atoms with E-state index in [-0.39, 0.29) is 12.0 Å². The molecule has 0 spiro atoms. The number of carbonyl (C=O) groups excluding carboxylic acids is 1. The number of hydrogen-bond donors (Lipinski definition) is 0. The molecule has 2 rings (SSSR count). The molecule has 0 bridgehead atoms. The lowest BCUT2D eigenvalue weighted by atomic mass is 10.2. The van der Waals surface area contributed by atoms with Crippen molar-refractivity contribution in [1.29, 1.82) is 0 Å². The van der Waals surface area contributed by atoms with Gasteiger partial charge in [-0.15, -0.1) is 0 Å². The number of hydrogen-bond acceptors (Lipinski definition) is 2. The zero-order chi connectivity index (χ0) is 13.5. The molecule has 1 aliphatic heterocycles. The van der Waals surface area contributed by atoms with Gasteiger partial charge in [0.15, 0.2) is 0 Å². The number of nitrogens with zero attached hydrogens (tertiary/aromatic N) is 1. The fraction of sp³-hybridized carbons (Fsp3) is 0.438. The maximum absolute atomic E-state index is 12.1. The molecule has 1 amide bonds. The average molecular weight is 259 g/mol. The van der Waals surface area contributed by atoms with Gasteiger partial charge in [-0.3, -0.25) is 4.79 Å². The van der Waals surface area contributed by atoms with E-state index in [1.807, 2.05) is 48.2 Å². The first-order valence-electron chi connectivity index (χ1n) is 6.93. The Balaban J connectivity index is 1.91. The number of amides is 1. The van der Waals surface area contributed by atoms with E-state index in [2.05, 4.69) is 0 Å². The Bertz CT molecular complexity index is 422. The molecule has 0 aliphatic carbocycles. The number of benzene rings is 1. The van der Waals surface area contributed by atoms with Crippen LogP contribution in [0.15, 0.2) is 36.4 Å². The zero-order valence-corrected chi connectivity index (χ0v) is 11.4. The average Bonchev–Trinajstić information content (AvgIpc) is 2.96. The third-order valence-electron chi connectivity index (χ3n) is 3.36. The van der Waals surface area contributed by atoms with Gasteiger partial charge < -0.3 is 9.64 Å². The van der Waals surface area contributed by atoms with Crippen LogP contribution in [0.5, 0.6) is 0 Å². The summed E-state index contributed by atoms with van der Waals surface area (Å²) >= 11 is 0. The van der Waals surface area contributed by atoms with Gasteiger partial charge in [-0.2, -0.15) is 0 Å². The van der Waals surface area contributed by atoms with Crippen LogP contribution in [0.25, 0.3) is 6.08 Å². The SMILES string of the molecule is CCN(CC1CCCO1)C(=O)/C=C/c1ccccc1. The first-order valence-corrected chi connectivity index (χ1v) is 6.93. The summed E-state index contributed by atoms with van der Waals surface area (Å²) in [6, 6.07) is 9.87. The second-order valence-electron chi connectivity index (χ2n) is 4.76. The fourth-order valence-corrected chi connectivity index (χ4v) is 2.25. The van der Waals surface area contributed by atoms with Gasteiger partial charge in [-0.1, -0.05) is 30.3 Å². The third-order valence-corrected chi connectivity index (χ3v) is 3.36. The monoisotopic (exact) mass is 259 g/mol. The molecule has 1 unspecified atom stereocenters. The summed E-state index contributed by atoms with van der Waals surface area (Å²) in [5, 5.41) is 0. The first kappa shape index (κ1) is 13.8. The molecule has 3 heteroatoms. The van der Waals surface area contributed by atoms with Crippen molar-refractivity contribution in [3.63, 3.8) is 0 Å². The minimum Gasteiger partial charge on any atom is -0.376 e. The normalized spacial score (nSPS) is 18.9. The van der Waals surface area contributed by atoms with Gasteiger partial charge in [0.1, 0.15) is 0 Å². The predicted octanol–water partition coefficient (Wildman–Crippen LogP) is 2.73. The van der Waals surface area contributed by atoms with Crippen LogP contribution in [-0.2, 0) is 9.53 Å². The third kappa shape index (κ3) is 4.21. The standard InChI is InChI=1S/C16H21NO2/c1-2-17(13-15-9-6-12-19-15)16(18)11-10-14-7-4-3-5-8-14/h3-5,7-8,10-11,15H,2,6,9,12-13H2,1H3/b11-10+. The molecule has 0 N–H and O–H groups in total. The van der Waals surface area contributed by atoms with Crippen molar-refractivity contribution in [3.05, 3.63) is 42.0 Å². The largest absolute Gasteiger partial charge is 0.376 e. The van der Waals surface area contributed by atoms with Crippen LogP contribution < -0.4 is 0 Å². The second kappa shape index (κ2) is 7.10. The Morgan fingerprint density at radius 1 is 1.42 bits per heavy atom. The van der Waals surface area contributed by atoms with Gasteiger partial charge in [-0.25, -0.2) is 0 Å². The topological polar surface area (TPSA) is 29.5 Å². The van der Waals surface area contributed by atoms with E-state index in [0.29, 0.717) is 6.54 Å². The number of ether oxygens (including phenoxy) is 1. The van der Waals surface area contributed by atoms with Crippen molar-refractivity contribution < 1.29 is 9.53 Å². The number of carbonyl (C=O) groups is 1. The highest BCUT2D eigenvalue weighted by molar-refractivity contribution is 5.91. The quantitative estimate of drug-likeness (QED) is 0.761. The molecule has 102 valence electrons. The Morgan fingerprint density at radius 2 is 2.21 bits per heavy atom. The molecular weight excluding hydrogens is 238 g/mol. The highest BCUT2D eigenvalue weighted by Gasteiger charge is 2.20. The molecule has 1 fully saturated rings. The summed E-state index contributed by atoms with van der Waals surface area (Å²) in [5.74, 6) is 0.0573. The maximum atomic E-state index is 12.1. The second-order valence-corrected chi connectivity index (χ2v) is 4.76. The van der Waals surface area contributed by atoms with E-state index in [1.165, 1.54) is 0 Å². The molecular formula is C16H21NO2. The molecule has 19 heavy (non-hydrogen) atoms. The Labute approximate surface area is 114 Å². The number of likely N-dealkylation sites (N-methyl/N-ethyl adjacent to an activating group) is 1. The van der Waals surface area contributed by atoms with Crippen LogP contribution in [-0.4, -0.2) is 36.6 Å². The molecule has 0 aromatic heterocycles. The van der Waals surface area contributed by atoms with Gasteiger partial charge in [0, 0.05) is 25.8 Å². The van der Waals surface area contributed by atoms with E-state index in [0.717, 1.165) is 31.6 Å². The molecule has 0 saturated carbocycles. The van der Waals surface area contributed by atoms with Gasteiger partial charge in [0.25, 0.3) is 0 Å². The van der Waals surface area contributed by atoms with Crippen LogP contribution in [0.4, 0.5) is 0 Å². The summed E-state index contributed by atoms with van der Waals surface area (Å²) in [7, 11) is 0. The van der Waals surface area contributed by atoms with E-state index < -0.39 is 0 Å². The van der Waals surface area contributed by atoms with Gasteiger partial charge >= 0.3 is 0 Å². The van der Waals surface area contributed by atoms with Crippen LogP contribution in [0.2, 0.25) is 0 Å². The Morgan fingerprint density at radius 3 is 2.84 bits per heavy atom. The van der Waals surface area contributed by atoms with E-state index in [9.17, 15) is 4.79 Å². The molecule has 3 nitrogen and oxygen atoms in total. The molecule has 1 heterocycles. The predicted molar refractivity (Wildman–Crippen MR) is 76.7 cm³/mol. The van der Waals surface area contributed by atoms with Crippen molar-refractivity contribution in [2.75, 3.05) is 19.7 Å². The van der Waals surface area contributed by atoms with Crippen molar-refractivity contribution >= 4 is 12.0 Å². The van der Waals surface area contributed by atoms with Crippen molar-refractivity contribution in [3.8, 4) is 0 Å². The lowest BCUT2D eigenvalue weighted by Crippen LogP contribution is -2.36. The first-order chi connectivity index (χ1) is 9.29. The molecule has 0 radical (unpaired) electrons. The Hall–Kier alpha value is -1.61. The molecule has 1 aromatic carbocycles. The van der Waals surface area contributed by atoms with E-state index in [1.54, 1.807) is 6.08 Å². The smallest absolute Gasteiger partial charge is 0.246 e. The summed E-state index contributed by atoms with van der Waals surface area (Å²) < 4.78 is 5.58. The minimum atomic E-state index is 0.0573. The lowest BCUT2D eigenvalue weighted by Gasteiger charge is -2.22. The van der Waals surface area contributed by atoms with Crippen LogP contribution >= 0.6 is 0 Å². The molecule has 1 saturated heterocycles. The number of rotatable bonds is 5. The molecule has 1 aliphatic rings.